The Labute approximate surface area is 106 Å². The molecular formula is C14H17NO3. The fraction of sp³-hybridized carbons (Fsp3) is 0.500. The minimum atomic E-state index is -0.216. The first-order valence-electron chi connectivity index (χ1n) is 6.48. The summed E-state index contributed by atoms with van der Waals surface area (Å²) in [7, 11) is 0. The molecule has 0 spiro atoms. The minimum absolute atomic E-state index is 0.0788. The minimum Gasteiger partial charge on any atom is -0.490 e. The lowest BCUT2D eigenvalue weighted by Gasteiger charge is -2.19. The number of hydrogen-bond donors (Lipinski definition) is 2. The van der Waals surface area contributed by atoms with Gasteiger partial charge in [-0.15, -0.1) is 0 Å². The van der Waals surface area contributed by atoms with E-state index in [4.69, 9.17) is 4.74 Å². The van der Waals surface area contributed by atoms with Crippen molar-refractivity contribution in [3.05, 3.63) is 23.8 Å². The number of carbonyl (C=O) groups is 1. The Morgan fingerprint density at radius 1 is 1.28 bits per heavy atom. The molecule has 0 radical (unpaired) electrons. The van der Waals surface area contributed by atoms with E-state index in [2.05, 4.69) is 5.32 Å². The molecule has 1 aliphatic heterocycles. The summed E-state index contributed by atoms with van der Waals surface area (Å²) in [6.07, 6.45) is 3.67. The summed E-state index contributed by atoms with van der Waals surface area (Å²) in [6.45, 7) is 0. The lowest BCUT2D eigenvalue weighted by molar-refractivity contribution is -0.116. The molecule has 1 fully saturated rings. The van der Waals surface area contributed by atoms with Crippen molar-refractivity contribution in [2.45, 2.75) is 44.3 Å². The zero-order valence-corrected chi connectivity index (χ0v) is 10.2. The van der Waals surface area contributed by atoms with E-state index in [1.165, 1.54) is 0 Å². The van der Waals surface area contributed by atoms with Crippen molar-refractivity contribution < 1.29 is 14.6 Å². The highest BCUT2D eigenvalue weighted by Crippen LogP contribution is 2.29. The van der Waals surface area contributed by atoms with Gasteiger partial charge in [-0.2, -0.15) is 0 Å². The van der Waals surface area contributed by atoms with Gasteiger partial charge in [-0.05, 0) is 43.0 Å². The van der Waals surface area contributed by atoms with Crippen LogP contribution in [0, 0.1) is 0 Å². The molecule has 2 unspecified atom stereocenters. The maximum atomic E-state index is 11.3. The molecule has 4 heteroatoms. The number of aliphatic hydroxyl groups is 1. The molecule has 0 aromatic heterocycles. The second kappa shape index (κ2) is 4.61. The molecule has 96 valence electrons. The van der Waals surface area contributed by atoms with Gasteiger partial charge in [0.05, 0.1) is 6.10 Å². The first kappa shape index (κ1) is 11.5. The van der Waals surface area contributed by atoms with Crippen molar-refractivity contribution in [1.82, 2.24) is 0 Å². The first-order chi connectivity index (χ1) is 8.70. The average molecular weight is 247 g/mol. The van der Waals surface area contributed by atoms with E-state index in [-0.39, 0.29) is 18.1 Å². The third kappa shape index (κ3) is 2.34. The van der Waals surface area contributed by atoms with Crippen molar-refractivity contribution in [3.8, 4) is 5.75 Å². The Bertz CT molecular complexity index is 472. The Morgan fingerprint density at radius 3 is 2.94 bits per heavy atom. The second-order valence-electron chi connectivity index (χ2n) is 5.07. The molecule has 0 bridgehead atoms. The van der Waals surface area contributed by atoms with Crippen LogP contribution >= 0.6 is 0 Å². The lowest BCUT2D eigenvalue weighted by atomic mass is 10.0. The van der Waals surface area contributed by atoms with Gasteiger partial charge >= 0.3 is 0 Å². The molecule has 1 aliphatic carbocycles. The van der Waals surface area contributed by atoms with Crippen molar-refractivity contribution in [3.63, 3.8) is 0 Å². The van der Waals surface area contributed by atoms with Crippen molar-refractivity contribution in [2.75, 3.05) is 5.32 Å². The predicted molar refractivity (Wildman–Crippen MR) is 67.7 cm³/mol. The molecule has 0 saturated heterocycles. The van der Waals surface area contributed by atoms with Crippen LogP contribution in [-0.2, 0) is 11.2 Å². The number of amides is 1. The molecule has 18 heavy (non-hydrogen) atoms. The highest BCUT2D eigenvalue weighted by atomic mass is 16.5. The SMILES string of the molecule is O=C1CCc2cc(OC3CCC(O)C3)ccc2N1. The van der Waals surface area contributed by atoms with Crippen LogP contribution in [0.1, 0.15) is 31.2 Å². The van der Waals surface area contributed by atoms with E-state index in [0.717, 1.165) is 36.3 Å². The summed E-state index contributed by atoms with van der Waals surface area (Å²) in [5, 5.41) is 12.3. The zero-order valence-electron chi connectivity index (χ0n) is 10.2. The van der Waals surface area contributed by atoms with E-state index in [1.807, 2.05) is 18.2 Å². The fourth-order valence-corrected chi connectivity index (χ4v) is 2.65. The summed E-state index contributed by atoms with van der Waals surface area (Å²) >= 11 is 0. The van der Waals surface area contributed by atoms with Gasteiger partial charge in [0.25, 0.3) is 0 Å². The highest BCUT2D eigenvalue weighted by Gasteiger charge is 2.24. The number of carbonyl (C=O) groups excluding carboxylic acids is 1. The number of fused-ring (bicyclic) bond motifs is 1. The highest BCUT2D eigenvalue weighted by molar-refractivity contribution is 5.93. The van der Waals surface area contributed by atoms with Gasteiger partial charge in [-0.25, -0.2) is 0 Å². The van der Waals surface area contributed by atoms with Crippen LogP contribution in [0.4, 0.5) is 5.69 Å². The van der Waals surface area contributed by atoms with E-state index in [9.17, 15) is 9.90 Å². The molecule has 1 heterocycles. The number of aliphatic hydroxyl groups excluding tert-OH is 1. The molecule has 2 aliphatic rings. The van der Waals surface area contributed by atoms with Crippen LogP contribution in [0.25, 0.3) is 0 Å². The van der Waals surface area contributed by atoms with Gasteiger partial charge in [0.15, 0.2) is 0 Å². The largest absolute Gasteiger partial charge is 0.490 e. The second-order valence-corrected chi connectivity index (χ2v) is 5.07. The van der Waals surface area contributed by atoms with Gasteiger partial charge in [0, 0.05) is 18.5 Å². The Morgan fingerprint density at radius 2 is 2.17 bits per heavy atom. The summed E-state index contributed by atoms with van der Waals surface area (Å²) in [6, 6.07) is 5.78. The average Bonchev–Trinajstić information content (AvgIpc) is 2.75. The summed E-state index contributed by atoms with van der Waals surface area (Å²) in [4.78, 5) is 11.3. The van der Waals surface area contributed by atoms with Crippen LogP contribution in [0.2, 0.25) is 0 Å². The molecule has 2 atom stereocenters. The maximum absolute atomic E-state index is 11.3. The maximum Gasteiger partial charge on any atom is 0.224 e. The molecule has 1 saturated carbocycles. The van der Waals surface area contributed by atoms with E-state index in [0.29, 0.717) is 12.8 Å². The van der Waals surface area contributed by atoms with Crippen LogP contribution in [0.3, 0.4) is 0 Å². The van der Waals surface area contributed by atoms with Gasteiger partial charge in [0.1, 0.15) is 11.9 Å². The number of aryl methyl sites for hydroxylation is 1. The Hall–Kier alpha value is -1.55. The Kier molecular flexibility index (Phi) is 2.96. The fourth-order valence-electron chi connectivity index (χ4n) is 2.65. The zero-order chi connectivity index (χ0) is 12.5. The number of benzene rings is 1. The van der Waals surface area contributed by atoms with E-state index >= 15 is 0 Å². The lowest BCUT2D eigenvalue weighted by Crippen LogP contribution is -2.19. The number of hydrogen-bond acceptors (Lipinski definition) is 3. The summed E-state index contributed by atoms with van der Waals surface area (Å²) in [5.41, 5.74) is 2.02. The number of anilines is 1. The predicted octanol–water partition coefficient (Wildman–Crippen LogP) is 1.86. The van der Waals surface area contributed by atoms with Gasteiger partial charge < -0.3 is 15.2 Å². The van der Waals surface area contributed by atoms with E-state index in [1.54, 1.807) is 0 Å². The topological polar surface area (TPSA) is 58.6 Å². The molecule has 1 amide bonds. The molecular weight excluding hydrogens is 230 g/mol. The van der Waals surface area contributed by atoms with Gasteiger partial charge in [0.2, 0.25) is 5.91 Å². The molecule has 1 aromatic rings. The quantitative estimate of drug-likeness (QED) is 0.838. The molecule has 1 aromatic carbocycles. The van der Waals surface area contributed by atoms with Gasteiger partial charge in [-0.1, -0.05) is 0 Å². The van der Waals surface area contributed by atoms with Gasteiger partial charge in [-0.3, -0.25) is 4.79 Å². The molecule has 2 N–H and O–H groups in total. The third-order valence-electron chi connectivity index (χ3n) is 3.63. The monoisotopic (exact) mass is 247 g/mol. The third-order valence-corrected chi connectivity index (χ3v) is 3.63. The number of rotatable bonds is 2. The normalized spacial score (nSPS) is 26.6. The smallest absolute Gasteiger partial charge is 0.224 e. The van der Waals surface area contributed by atoms with Crippen LogP contribution in [0.15, 0.2) is 18.2 Å². The summed E-state index contributed by atoms with van der Waals surface area (Å²) in [5.74, 6) is 0.916. The number of ether oxygens (including phenoxy) is 1. The van der Waals surface area contributed by atoms with Crippen molar-refractivity contribution in [1.29, 1.82) is 0 Å². The number of nitrogens with one attached hydrogen (secondary N) is 1. The van der Waals surface area contributed by atoms with Crippen LogP contribution < -0.4 is 10.1 Å². The molecule has 4 nitrogen and oxygen atoms in total. The van der Waals surface area contributed by atoms with Crippen molar-refractivity contribution in [2.24, 2.45) is 0 Å². The Balaban J connectivity index is 1.72. The van der Waals surface area contributed by atoms with Crippen LogP contribution in [0.5, 0.6) is 5.75 Å². The standard InChI is InChI=1S/C14H17NO3/c16-10-2-3-12(8-10)18-11-4-5-13-9(7-11)1-6-14(17)15-13/h4-5,7,10,12,16H,1-3,6,8H2,(H,15,17). The van der Waals surface area contributed by atoms with E-state index < -0.39 is 0 Å². The van der Waals surface area contributed by atoms with Crippen molar-refractivity contribution >= 4 is 11.6 Å². The molecule has 3 rings (SSSR count). The summed E-state index contributed by atoms with van der Waals surface area (Å²) < 4.78 is 5.87. The first-order valence-corrected chi connectivity index (χ1v) is 6.48. The van der Waals surface area contributed by atoms with Crippen LogP contribution in [-0.4, -0.2) is 23.2 Å².